The zero-order valence-electron chi connectivity index (χ0n) is 11.1. The van der Waals surface area contributed by atoms with Crippen LogP contribution in [0.25, 0.3) is 0 Å². The Morgan fingerprint density at radius 2 is 1.14 bits per heavy atom. The van der Waals surface area contributed by atoms with Crippen molar-refractivity contribution in [2.75, 3.05) is 19.0 Å². The second-order valence-corrected chi connectivity index (χ2v) is 5.47. The zero-order valence-corrected chi connectivity index (χ0v) is 11.9. The lowest BCUT2D eigenvalue weighted by atomic mass is 10.3. The van der Waals surface area contributed by atoms with E-state index in [0.717, 1.165) is 5.69 Å². The molecule has 0 saturated carbocycles. The van der Waals surface area contributed by atoms with Crippen molar-refractivity contribution in [1.82, 2.24) is 0 Å². The molecule has 0 heterocycles. The first-order valence-corrected chi connectivity index (χ1v) is 6.61. The first kappa shape index (κ1) is 15.6. The van der Waals surface area contributed by atoms with Crippen LogP contribution in [0.4, 0.5) is 27.6 Å². The topological polar surface area (TPSA) is 3.24 Å². The zero-order chi connectivity index (χ0) is 15.7. The molecule has 2 aromatic carbocycles. The van der Waals surface area contributed by atoms with Crippen molar-refractivity contribution in [2.24, 2.45) is 0 Å². The van der Waals surface area contributed by atoms with Crippen molar-refractivity contribution in [3.8, 4) is 0 Å². The summed E-state index contributed by atoms with van der Waals surface area (Å²) in [6.07, 6.45) is 0. The lowest BCUT2D eigenvalue weighted by Crippen LogP contribution is -2.07. The van der Waals surface area contributed by atoms with E-state index in [-0.39, 0.29) is 0 Å². The van der Waals surface area contributed by atoms with E-state index in [1.807, 2.05) is 19.0 Å². The minimum Gasteiger partial charge on any atom is -0.378 e. The molecule has 0 fully saturated rings. The van der Waals surface area contributed by atoms with Gasteiger partial charge in [-0.3, -0.25) is 0 Å². The third-order valence-electron chi connectivity index (χ3n) is 2.74. The minimum atomic E-state index is -2.16. The van der Waals surface area contributed by atoms with E-state index in [4.69, 9.17) is 0 Å². The van der Waals surface area contributed by atoms with Crippen molar-refractivity contribution < 1.29 is 22.0 Å². The Hall–Kier alpha value is -1.76. The summed E-state index contributed by atoms with van der Waals surface area (Å²) in [4.78, 5) is 1.26. The summed E-state index contributed by atoms with van der Waals surface area (Å²) in [5.74, 6) is -9.69. The molecule has 0 aliphatic heterocycles. The van der Waals surface area contributed by atoms with Crippen LogP contribution in [0.1, 0.15) is 0 Å². The van der Waals surface area contributed by atoms with Gasteiger partial charge in [-0.2, -0.15) is 0 Å². The summed E-state index contributed by atoms with van der Waals surface area (Å²) in [5.41, 5.74) is 0.844. The molecule has 21 heavy (non-hydrogen) atoms. The molecule has 1 nitrogen and oxygen atoms in total. The fourth-order valence-corrected chi connectivity index (χ4v) is 2.47. The molecule has 2 rings (SSSR count). The molecule has 0 aliphatic rings. The maximum absolute atomic E-state index is 13.5. The summed E-state index contributed by atoms with van der Waals surface area (Å²) >= 11 is 0.483. The van der Waals surface area contributed by atoms with Crippen molar-refractivity contribution in [3.63, 3.8) is 0 Å². The number of nitrogens with zero attached hydrogens (tertiary/aromatic N) is 1. The molecule has 0 spiro atoms. The van der Waals surface area contributed by atoms with Crippen LogP contribution in [0.2, 0.25) is 0 Å². The molecular weight excluding hydrogens is 309 g/mol. The Bertz CT molecular complexity index is 641. The van der Waals surface area contributed by atoms with E-state index >= 15 is 0 Å². The highest BCUT2D eigenvalue weighted by molar-refractivity contribution is 7.99. The molecule has 0 saturated heterocycles. The molecule has 112 valence electrons. The average Bonchev–Trinajstić information content (AvgIpc) is 2.48. The van der Waals surface area contributed by atoms with Gasteiger partial charge in [0, 0.05) is 24.7 Å². The van der Waals surface area contributed by atoms with E-state index in [1.54, 1.807) is 12.1 Å². The van der Waals surface area contributed by atoms with Crippen LogP contribution in [0.3, 0.4) is 0 Å². The summed E-state index contributed by atoms with van der Waals surface area (Å²) in [7, 11) is 3.62. The first-order chi connectivity index (χ1) is 9.82. The highest BCUT2D eigenvalue weighted by Crippen LogP contribution is 2.36. The molecular formula is C14H10F5NS. The van der Waals surface area contributed by atoms with Gasteiger partial charge in [-0.1, -0.05) is 11.8 Å². The second-order valence-electron chi connectivity index (χ2n) is 4.39. The second kappa shape index (κ2) is 5.93. The third-order valence-corrected chi connectivity index (χ3v) is 3.81. The van der Waals surface area contributed by atoms with Gasteiger partial charge in [0.05, 0.1) is 4.90 Å². The number of hydrogen-bond donors (Lipinski definition) is 0. The van der Waals surface area contributed by atoms with Gasteiger partial charge in [0.1, 0.15) is 0 Å². The first-order valence-electron chi connectivity index (χ1n) is 5.79. The summed E-state index contributed by atoms with van der Waals surface area (Å²) < 4.78 is 66.2. The molecule has 0 unspecified atom stereocenters. The van der Waals surface area contributed by atoms with Crippen LogP contribution in [0.15, 0.2) is 34.1 Å². The molecule has 2 aromatic rings. The van der Waals surface area contributed by atoms with Crippen LogP contribution < -0.4 is 4.90 Å². The predicted octanol–water partition coefficient (Wildman–Crippen LogP) is 4.60. The van der Waals surface area contributed by atoms with Gasteiger partial charge in [0.25, 0.3) is 0 Å². The SMILES string of the molecule is CN(C)c1ccc(Sc2c(F)c(F)c(F)c(F)c2F)cc1. The smallest absolute Gasteiger partial charge is 0.200 e. The maximum atomic E-state index is 13.5. The Kier molecular flexibility index (Phi) is 4.41. The van der Waals surface area contributed by atoms with Gasteiger partial charge in [-0.05, 0) is 24.3 Å². The van der Waals surface area contributed by atoms with Crippen molar-refractivity contribution >= 4 is 17.4 Å². The van der Waals surface area contributed by atoms with Crippen molar-refractivity contribution in [2.45, 2.75) is 9.79 Å². The van der Waals surface area contributed by atoms with Gasteiger partial charge in [0.15, 0.2) is 23.3 Å². The van der Waals surface area contributed by atoms with Crippen LogP contribution in [0, 0.1) is 29.1 Å². The summed E-state index contributed by atoms with van der Waals surface area (Å²) in [6, 6.07) is 6.43. The van der Waals surface area contributed by atoms with Crippen molar-refractivity contribution in [1.29, 1.82) is 0 Å². The lowest BCUT2D eigenvalue weighted by Gasteiger charge is -2.13. The van der Waals surface area contributed by atoms with Gasteiger partial charge in [-0.25, -0.2) is 22.0 Å². The molecule has 0 atom stereocenters. The standard InChI is InChI=1S/C14H10F5NS/c1-20(2)7-3-5-8(6-4-7)21-14-12(18)10(16)9(15)11(17)13(14)19/h3-6H,1-2H3. The summed E-state index contributed by atoms with van der Waals surface area (Å²) in [5, 5.41) is 0. The van der Waals surface area contributed by atoms with Crippen LogP contribution in [0.5, 0.6) is 0 Å². The molecule has 0 N–H and O–H groups in total. The van der Waals surface area contributed by atoms with Gasteiger partial charge in [-0.15, -0.1) is 0 Å². The highest BCUT2D eigenvalue weighted by Gasteiger charge is 2.26. The molecule has 0 aromatic heterocycles. The van der Waals surface area contributed by atoms with E-state index in [0.29, 0.717) is 16.7 Å². The Labute approximate surface area is 122 Å². The number of hydrogen-bond acceptors (Lipinski definition) is 2. The van der Waals surface area contributed by atoms with Crippen molar-refractivity contribution in [3.05, 3.63) is 53.4 Å². The fraction of sp³-hybridized carbons (Fsp3) is 0.143. The predicted molar refractivity (Wildman–Crippen MR) is 71.1 cm³/mol. The van der Waals surface area contributed by atoms with E-state index in [1.165, 1.54) is 12.1 Å². The monoisotopic (exact) mass is 319 g/mol. The Morgan fingerprint density at radius 3 is 1.57 bits per heavy atom. The molecule has 0 bridgehead atoms. The average molecular weight is 319 g/mol. The molecule has 0 radical (unpaired) electrons. The number of rotatable bonds is 3. The van der Waals surface area contributed by atoms with Crippen LogP contribution in [-0.4, -0.2) is 14.1 Å². The van der Waals surface area contributed by atoms with Crippen LogP contribution >= 0.6 is 11.8 Å². The largest absolute Gasteiger partial charge is 0.378 e. The van der Waals surface area contributed by atoms with Gasteiger partial charge >= 0.3 is 0 Å². The Balaban J connectivity index is 2.40. The fourth-order valence-electron chi connectivity index (χ4n) is 1.60. The highest BCUT2D eigenvalue weighted by atomic mass is 32.2. The number of benzene rings is 2. The maximum Gasteiger partial charge on any atom is 0.200 e. The van der Waals surface area contributed by atoms with Crippen LogP contribution in [-0.2, 0) is 0 Å². The van der Waals surface area contributed by atoms with Gasteiger partial charge in [0.2, 0.25) is 5.82 Å². The molecule has 7 heteroatoms. The molecule has 0 amide bonds. The van der Waals surface area contributed by atoms with E-state index in [2.05, 4.69) is 0 Å². The van der Waals surface area contributed by atoms with Gasteiger partial charge < -0.3 is 4.90 Å². The quantitative estimate of drug-likeness (QED) is 0.462. The minimum absolute atomic E-state index is 0.365. The number of halogens is 5. The van der Waals surface area contributed by atoms with E-state index < -0.39 is 34.0 Å². The lowest BCUT2D eigenvalue weighted by molar-refractivity contribution is 0.361. The van der Waals surface area contributed by atoms with E-state index in [9.17, 15) is 22.0 Å². The Morgan fingerprint density at radius 1 is 0.714 bits per heavy atom. The normalized spacial score (nSPS) is 10.8. The third kappa shape index (κ3) is 2.97. The molecule has 0 aliphatic carbocycles. The number of anilines is 1. The summed E-state index contributed by atoms with van der Waals surface area (Å²) in [6.45, 7) is 0.